The molecule has 2 N–H and O–H groups in total. The summed E-state index contributed by atoms with van der Waals surface area (Å²) in [6.45, 7) is -0.178. The molecule has 150 valence electrons. The average molecular weight is 427 g/mol. The normalized spacial score (nSPS) is 38.9. The number of hydrogen-bond donors (Lipinski definition) is 2. The number of aliphatic hydroxyl groups is 2. The van der Waals surface area contributed by atoms with Crippen molar-refractivity contribution in [1.82, 2.24) is 0 Å². The third-order valence-electron chi connectivity index (χ3n) is 4.80. The lowest BCUT2D eigenvalue weighted by Gasteiger charge is -2.33. The molecule has 0 radical (unpaired) electrons. The molecule has 4 rings (SSSR count). The predicted molar refractivity (Wildman–Crippen MR) is 102 cm³/mol. The van der Waals surface area contributed by atoms with Crippen molar-refractivity contribution >= 4 is 23.2 Å². The fraction of sp³-hybridized carbons (Fsp3) is 0.400. The second-order valence-corrected chi connectivity index (χ2v) is 7.72. The van der Waals surface area contributed by atoms with E-state index in [1.54, 1.807) is 36.4 Å². The van der Waals surface area contributed by atoms with Crippen LogP contribution in [0.3, 0.4) is 0 Å². The Labute approximate surface area is 172 Å². The zero-order valence-electron chi connectivity index (χ0n) is 14.8. The van der Waals surface area contributed by atoms with Crippen LogP contribution in [0.4, 0.5) is 0 Å². The van der Waals surface area contributed by atoms with Gasteiger partial charge in [-0.05, 0) is 0 Å². The molecule has 0 aromatic heterocycles. The number of alkyl halides is 2. The summed E-state index contributed by atoms with van der Waals surface area (Å²) in [5.41, 5.74) is 1.14. The van der Waals surface area contributed by atoms with Gasteiger partial charge in [0.05, 0.1) is 13.2 Å². The van der Waals surface area contributed by atoms with E-state index in [1.807, 2.05) is 24.3 Å². The topological polar surface area (TPSA) is 77.4 Å². The van der Waals surface area contributed by atoms with Gasteiger partial charge in [-0.3, -0.25) is 0 Å². The predicted octanol–water partition coefficient (Wildman–Crippen LogP) is 2.64. The van der Waals surface area contributed by atoms with Crippen LogP contribution in [0, 0.1) is 0 Å². The first-order valence-electron chi connectivity index (χ1n) is 8.90. The first-order valence-corrected chi connectivity index (χ1v) is 9.65. The van der Waals surface area contributed by atoms with E-state index in [1.165, 1.54) is 0 Å². The van der Waals surface area contributed by atoms with Crippen molar-refractivity contribution in [2.75, 3.05) is 13.2 Å². The van der Waals surface area contributed by atoms with Crippen LogP contribution in [0.25, 0.3) is 0 Å². The summed E-state index contributed by atoms with van der Waals surface area (Å²) >= 11 is 13.1. The zero-order valence-corrected chi connectivity index (χ0v) is 16.3. The van der Waals surface area contributed by atoms with Gasteiger partial charge in [0.25, 0.3) is 10.5 Å². The molecule has 2 aliphatic heterocycles. The van der Waals surface area contributed by atoms with Gasteiger partial charge < -0.3 is 29.2 Å². The van der Waals surface area contributed by atoms with Gasteiger partial charge in [0, 0.05) is 11.1 Å². The summed E-state index contributed by atoms with van der Waals surface area (Å²) < 4.78 is 23.1. The lowest BCUT2D eigenvalue weighted by atomic mass is 10.0. The zero-order chi connectivity index (χ0) is 19.8. The Morgan fingerprint density at radius 1 is 0.750 bits per heavy atom. The van der Waals surface area contributed by atoms with E-state index in [4.69, 9.17) is 42.1 Å². The maximum absolute atomic E-state index is 10.6. The fourth-order valence-corrected chi connectivity index (χ4v) is 3.87. The standard InChI is InChI=1S/C20H20Cl2O6/c21-19(13-7-3-1-4-8-13)26-12-16(27-19)18-17(24)15(23)11-25-20(22,28-18)14-9-5-2-6-10-14/h1-10,15-18,23-24H,11-12H2/t15-,16+,17-,18-,19?,20?/m0/s1. The molecule has 8 heteroatoms. The molecule has 6 nitrogen and oxygen atoms in total. The minimum Gasteiger partial charge on any atom is -0.388 e. The third-order valence-corrected chi connectivity index (χ3v) is 5.63. The molecule has 2 aromatic rings. The first kappa shape index (κ1) is 20.1. The largest absolute Gasteiger partial charge is 0.388 e. The van der Waals surface area contributed by atoms with E-state index in [9.17, 15) is 10.2 Å². The molecule has 0 spiro atoms. The lowest BCUT2D eigenvalue weighted by molar-refractivity contribution is -0.231. The Morgan fingerprint density at radius 2 is 1.25 bits per heavy atom. The molecule has 6 atom stereocenters. The number of benzene rings is 2. The molecule has 2 aliphatic rings. The van der Waals surface area contributed by atoms with Gasteiger partial charge in [0.15, 0.2) is 0 Å². The molecule has 0 saturated carbocycles. The SMILES string of the molecule is O[C@@H]1[C@H]([C@H]2COC(Cl)(c3ccccc3)O2)OC(Cl)(c2ccccc2)OC[C@@H]1O. The highest BCUT2D eigenvalue weighted by molar-refractivity contribution is 6.22. The van der Waals surface area contributed by atoms with Crippen LogP contribution in [0.2, 0.25) is 0 Å². The molecule has 0 aliphatic carbocycles. The summed E-state index contributed by atoms with van der Waals surface area (Å²) in [6.07, 6.45) is -4.36. The third kappa shape index (κ3) is 3.79. The van der Waals surface area contributed by atoms with Gasteiger partial charge in [-0.25, -0.2) is 0 Å². The minimum atomic E-state index is -1.70. The van der Waals surface area contributed by atoms with E-state index in [0.29, 0.717) is 11.1 Å². The van der Waals surface area contributed by atoms with E-state index >= 15 is 0 Å². The first-order chi connectivity index (χ1) is 13.4. The fourth-order valence-electron chi connectivity index (χ4n) is 3.28. The van der Waals surface area contributed by atoms with Gasteiger partial charge in [-0.15, -0.1) is 0 Å². The number of hydrogen-bond acceptors (Lipinski definition) is 6. The maximum atomic E-state index is 10.6. The maximum Gasteiger partial charge on any atom is 0.276 e. The molecule has 2 unspecified atom stereocenters. The number of aliphatic hydroxyl groups excluding tert-OH is 2. The van der Waals surface area contributed by atoms with Gasteiger partial charge in [0.1, 0.15) is 24.4 Å². The summed E-state index contributed by atoms with van der Waals surface area (Å²) in [5.74, 6) is 0. The molecular formula is C20H20Cl2O6. The van der Waals surface area contributed by atoms with Crippen LogP contribution >= 0.6 is 23.2 Å². The van der Waals surface area contributed by atoms with Crippen molar-refractivity contribution < 1.29 is 29.2 Å². The number of rotatable bonds is 3. The van der Waals surface area contributed by atoms with Crippen molar-refractivity contribution in [3.05, 3.63) is 71.8 Å². The van der Waals surface area contributed by atoms with Crippen LogP contribution in [0.1, 0.15) is 11.1 Å². The Hall–Kier alpha value is -1.22. The second kappa shape index (κ2) is 7.89. The Kier molecular flexibility index (Phi) is 5.66. The number of halogens is 2. The quantitative estimate of drug-likeness (QED) is 0.734. The number of ether oxygens (including phenoxy) is 4. The summed E-state index contributed by atoms with van der Waals surface area (Å²) in [4.78, 5) is 0. The van der Waals surface area contributed by atoms with E-state index in [-0.39, 0.29) is 13.2 Å². The lowest BCUT2D eigenvalue weighted by Crippen LogP contribution is -2.48. The Balaban J connectivity index is 1.60. The van der Waals surface area contributed by atoms with Crippen LogP contribution in [0.5, 0.6) is 0 Å². The van der Waals surface area contributed by atoms with Crippen LogP contribution in [-0.2, 0) is 29.4 Å². The second-order valence-electron chi connectivity index (χ2n) is 6.72. The van der Waals surface area contributed by atoms with Gasteiger partial charge in [-0.1, -0.05) is 83.9 Å². The summed E-state index contributed by atoms with van der Waals surface area (Å²) in [7, 11) is 0. The summed E-state index contributed by atoms with van der Waals surface area (Å²) in [5, 5.41) is 17.7. The molecule has 2 heterocycles. The van der Waals surface area contributed by atoms with Crippen molar-refractivity contribution in [2.45, 2.75) is 34.9 Å². The molecule has 28 heavy (non-hydrogen) atoms. The molecule has 0 amide bonds. The smallest absolute Gasteiger partial charge is 0.276 e. The monoisotopic (exact) mass is 426 g/mol. The Morgan fingerprint density at radius 3 is 1.82 bits per heavy atom. The minimum absolute atomic E-state index is 0.0363. The van der Waals surface area contributed by atoms with Crippen molar-refractivity contribution in [2.24, 2.45) is 0 Å². The molecule has 2 fully saturated rings. The van der Waals surface area contributed by atoms with E-state index < -0.39 is 34.9 Å². The van der Waals surface area contributed by atoms with Crippen LogP contribution in [-0.4, -0.2) is 47.8 Å². The molecule has 2 aromatic carbocycles. The van der Waals surface area contributed by atoms with Gasteiger partial charge >= 0.3 is 0 Å². The highest BCUT2D eigenvalue weighted by atomic mass is 35.5. The van der Waals surface area contributed by atoms with Gasteiger partial charge in [0.2, 0.25) is 0 Å². The van der Waals surface area contributed by atoms with Crippen LogP contribution < -0.4 is 0 Å². The van der Waals surface area contributed by atoms with Crippen molar-refractivity contribution in [3.63, 3.8) is 0 Å². The summed E-state index contributed by atoms with van der Waals surface area (Å²) in [6, 6.07) is 17.9. The molecule has 0 bridgehead atoms. The van der Waals surface area contributed by atoms with Crippen molar-refractivity contribution in [1.29, 1.82) is 0 Å². The van der Waals surface area contributed by atoms with Crippen molar-refractivity contribution in [3.8, 4) is 0 Å². The molecule has 2 saturated heterocycles. The van der Waals surface area contributed by atoms with E-state index in [2.05, 4.69) is 0 Å². The highest BCUT2D eigenvalue weighted by Gasteiger charge is 2.52. The Bertz CT molecular complexity index is 794. The average Bonchev–Trinajstić information content (AvgIpc) is 3.09. The molecular weight excluding hydrogens is 407 g/mol. The van der Waals surface area contributed by atoms with Crippen LogP contribution in [0.15, 0.2) is 60.7 Å². The van der Waals surface area contributed by atoms with E-state index in [0.717, 1.165) is 0 Å². The highest BCUT2D eigenvalue weighted by Crippen LogP contribution is 2.43. The van der Waals surface area contributed by atoms with Gasteiger partial charge in [-0.2, -0.15) is 0 Å².